The van der Waals surface area contributed by atoms with E-state index in [-0.39, 0.29) is 12.4 Å². The van der Waals surface area contributed by atoms with Crippen molar-refractivity contribution < 1.29 is 0 Å². The van der Waals surface area contributed by atoms with Gasteiger partial charge in [-0.15, -0.1) is 34.2 Å². The minimum atomic E-state index is 0. The SMILES string of the molecule is CC(C)c1nnc(CCl)n1C.Cl. The molecule has 1 rings (SSSR count). The lowest BCUT2D eigenvalue weighted by Gasteiger charge is -2.03. The van der Waals surface area contributed by atoms with Gasteiger partial charge in [-0.2, -0.15) is 0 Å². The molecule has 0 aliphatic carbocycles. The average Bonchev–Trinajstić information content (AvgIpc) is 2.30. The molecule has 0 atom stereocenters. The second-order valence-electron chi connectivity index (χ2n) is 2.82. The summed E-state index contributed by atoms with van der Waals surface area (Å²) in [5.74, 6) is 2.65. The Kier molecular flexibility index (Phi) is 4.57. The van der Waals surface area contributed by atoms with Gasteiger partial charge >= 0.3 is 0 Å². The Bertz CT molecular complexity index is 245. The van der Waals surface area contributed by atoms with E-state index in [0.717, 1.165) is 11.6 Å². The van der Waals surface area contributed by atoms with Crippen LogP contribution in [0.25, 0.3) is 0 Å². The standard InChI is InChI=1S/C7H12ClN3.ClH/c1-5(2)7-10-9-6(4-8)11(7)3;/h5H,4H2,1-3H3;1H. The first-order valence-electron chi connectivity index (χ1n) is 3.61. The van der Waals surface area contributed by atoms with Crippen molar-refractivity contribution in [3.63, 3.8) is 0 Å². The van der Waals surface area contributed by atoms with Crippen LogP contribution in [-0.4, -0.2) is 14.8 Å². The predicted molar refractivity (Wildman–Crippen MR) is 51.9 cm³/mol. The number of hydrogen-bond acceptors (Lipinski definition) is 2. The van der Waals surface area contributed by atoms with Gasteiger partial charge in [0.05, 0.1) is 5.88 Å². The van der Waals surface area contributed by atoms with E-state index >= 15 is 0 Å². The molecule has 0 saturated heterocycles. The van der Waals surface area contributed by atoms with E-state index in [1.807, 2.05) is 11.6 Å². The number of alkyl halides is 1. The summed E-state index contributed by atoms with van der Waals surface area (Å²) >= 11 is 5.63. The Balaban J connectivity index is 0.00000121. The van der Waals surface area contributed by atoms with Crippen LogP contribution < -0.4 is 0 Å². The number of nitrogens with zero attached hydrogens (tertiary/aromatic N) is 3. The van der Waals surface area contributed by atoms with Gasteiger partial charge in [0, 0.05) is 13.0 Å². The highest BCUT2D eigenvalue weighted by molar-refractivity contribution is 6.16. The minimum absolute atomic E-state index is 0. The molecule has 0 saturated carbocycles. The first-order chi connectivity index (χ1) is 5.16. The first kappa shape index (κ1) is 11.7. The summed E-state index contributed by atoms with van der Waals surface area (Å²) in [4.78, 5) is 0. The van der Waals surface area contributed by atoms with Crippen LogP contribution in [0.15, 0.2) is 0 Å². The zero-order chi connectivity index (χ0) is 8.43. The zero-order valence-electron chi connectivity index (χ0n) is 7.41. The number of aromatic nitrogens is 3. The van der Waals surface area contributed by atoms with E-state index in [4.69, 9.17) is 11.6 Å². The smallest absolute Gasteiger partial charge is 0.147 e. The molecule has 12 heavy (non-hydrogen) atoms. The third-order valence-corrected chi connectivity index (χ3v) is 1.87. The van der Waals surface area contributed by atoms with Crippen molar-refractivity contribution in [2.75, 3.05) is 0 Å². The summed E-state index contributed by atoms with van der Waals surface area (Å²) in [6.45, 7) is 4.17. The molecule has 0 N–H and O–H groups in total. The summed E-state index contributed by atoms with van der Waals surface area (Å²) in [6.07, 6.45) is 0. The van der Waals surface area contributed by atoms with Crippen LogP contribution in [0.1, 0.15) is 31.4 Å². The topological polar surface area (TPSA) is 30.7 Å². The van der Waals surface area contributed by atoms with Crippen molar-refractivity contribution >= 4 is 24.0 Å². The normalized spacial score (nSPS) is 10.1. The summed E-state index contributed by atoms with van der Waals surface area (Å²) in [7, 11) is 1.94. The Morgan fingerprint density at radius 1 is 1.42 bits per heavy atom. The predicted octanol–water partition coefficient (Wildman–Crippen LogP) is 2.10. The van der Waals surface area contributed by atoms with Gasteiger partial charge in [0.2, 0.25) is 0 Å². The molecule has 5 heteroatoms. The summed E-state index contributed by atoms with van der Waals surface area (Å²) < 4.78 is 1.94. The van der Waals surface area contributed by atoms with Gasteiger partial charge in [-0.3, -0.25) is 0 Å². The van der Waals surface area contributed by atoms with E-state index in [1.54, 1.807) is 0 Å². The largest absolute Gasteiger partial charge is 0.317 e. The Labute approximate surface area is 83.5 Å². The number of rotatable bonds is 2. The molecule has 0 amide bonds. The second kappa shape index (κ2) is 4.67. The summed E-state index contributed by atoms with van der Waals surface area (Å²) in [5.41, 5.74) is 0. The van der Waals surface area contributed by atoms with E-state index < -0.39 is 0 Å². The number of hydrogen-bond donors (Lipinski definition) is 0. The molecule has 0 aliphatic heterocycles. The highest BCUT2D eigenvalue weighted by Crippen LogP contribution is 2.12. The minimum Gasteiger partial charge on any atom is -0.317 e. The van der Waals surface area contributed by atoms with Gasteiger partial charge in [0.1, 0.15) is 11.6 Å². The average molecular weight is 210 g/mol. The molecule has 0 aliphatic rings. The molecule has 1 heterocycles. The van der Waals surface area contributed by atoms with Gasteiger partial charge in [0.25, 0.3) is 0 Å². The third-order valence-electron chi connectivity index (χ3n) is 1.63. The van der Waals surface area contributed by atoms with E-state index in [2.05, 4.69) is 24.0 Å². The van der Waals surface area contributed by atoms with Gasteiger partial charge < -0.3 is 4.57 Å². The summed E-state index contributed by atoms with van der Waals surface area (Å²) in [5, 5.41) is 7.95. The van der Waals surface area contributed by atoms with E-state index in [1.165, 1.54) is 0 Å². The molecule has 0 bridgehead atoms. The van der Waals surface area contributed by atoms with Crippen molar-refractivity contribution in [3.8, 4) is 0 Å². The Morgan fingerprint density at radius 3 is 2.25 bits per heavy atom. The van der Waals surface area contributed by atoms with Crippen molar-refractivity contribution in [1.82, 2.24) is 14.8 Å². The van der Waals surface area contributed by atoms with Gasteiger partial charge in [0.15, 0.2) is 0 Å². The van der Waals surface area contributed by atoms with Crippen LogP contribution in [0, 0.1) is 0 Å². The maximum atomic E-state index is 5.63. The fourth-order valence-corrected chi connectivity index (χ4v) is 1.23. The van der Waals surface area contributed by atoms with Crippen molar-refractivity contribution in [2.45, 2.75) is 25.6 Å². The van der Waals surface area contributed by atoms with Crippen molar-refractivity contribution in [3.05, 3.63) is 11.6 Å². The number of halogens is 2. The van der Waals surface area contributed by atoms with Crippen molar-refractivity contribution in [2.24, 2.45) is 7.05 Å². The van der Waals surface area contributed by atoms with Crippen LogP contribution in [0.5, 0.6) is 0 Å². The monoisotopic (exact) mass is 209 g/mol. The van der Waals surface area contributed by atoms with Crippen LogP contribution in [-0.2, 0) is 12.9 Å². The molecular formula is C7H13Cl2N3. The van der Waals surface area contributed by atoms with Crippen LogP contribution in [0.3, 0.4) is 0 Å². The van der Waals surface area contributed by atoms with Crippen LogP contribution in [0.2, 0.25) is 0 Å². The van der Waals surface area contributed by atoms with Gasteiger partial charge in [-0.1, -0.05) is 13.8 Å². The van der Waals surface area contributed by atoms with E-state index in [9.17, 15) is 0 Å². The zero-order valence-corrected chi connectivity index (χ0v) is 8.98. The molecule has 0 unspecified atom stereocenters. The molecule has 3 nitrogen and oxygen atoms in total. The highest BCUT2D eigenvalue weighted by Gasteiger charge is 2.09. The lowest BCUT2D eigenvalue weighted by molar-refractivity contribution is 0.698. The quantitative estimate of drug-likeness (QED) is 0.700. The molecule has 70 valence electrons. The molecule has 0 radical (unpaired) electrons. The molecule has 0 fully saturated rings. The van der Waals surface area contributed by atoms with Gasteiger partial charge in [-0.05, 0) is 0 Å². The van der Waals surface area contributed by atoms with Crippen LogP contribution in [0.4, 0.5) is 0 Å². The summed E-state index contributed by atoms with van der Waals surface area (Å²) in [6, 6.07) is 0. The molecular weight excluding hydrogens is 197 g/mol. The molecule has 0 spiro atoms. The molecule has 0 aromatic carbocycles. The second-order valence-corrected chi connectivity index (χ2v) is 3.09. The maximum absolute atomic E-state index is 5.63. The lowest BCUT2D eigenvalue weighted by atomic mass is 10.2. The fraction of sp³-hybridized carbons (Fsp3) is 0.714. The van der Waals surface area contributed by atoms with Crippen LogP contribution >= 0.6 is 24.0 Å². The Morgan fingerprint density at radius 2 is 2.00 bits per heavy atom. The van der Waals surface area contributed by atoms with Gasteiger partial charge in [-0.25, -0.2) is 0 Å². The lowest BCUT2D eigenvalue weighted by Crippen LogP contribution is -2.02. The first-order valence-corrected chi connectivity index (χ1v) is 4.14. The molecule has 1 aromatic heterocycles. The maximum Gasteiger partial charge on any atom is 0.147 e. The third kappa shape index (κ3) is 2.11. The van der Waals surface area contributed by atoms with Crippen molar-refractivity contribution in [1.29, 1.82) is 0 Å². The Hall–Kier alpha value is -0.280. The fourth-order valence-electron chi connectivity index (χ4n) is 0.994. The van der Waals surface area contributed by atoms with E-state index in [0.29, 0.717) is 11.8 Å². The highest BCUT2D eigenvalue weighted by atomic mass is 35.5. The molecule has 1 aromatic rings.